The van der Waals surface area contributed by atoms with Crippen molar-refractivity contribution in [3.05, 3.63) is 60.7 Å². The average molecular weight is 727 g/mol. The van der Waals surface area contributed by atoms with Gasteiger partial charge in [-0.2, -0.15) is 8.61 Å². The first-order chi connectivity index (χ1) is 23.6. The molecule has 0 aromatic heterocycles. The first-order valence-corrected chi connectivity index (χ1v) is 20.4. The van der Waals surface area contributed by atoms with Crippen LogP contribution in [0.3, 0.4) is 0 Å². The van der Waals surface area contributed by atoms with Gasteiger partial charge in [-0.15, -0.1) is 0 Å². The van der Waals surface area contributed by atoms with E-state index in [1.54, 1.807) is 64.1 Å². The fourth-order valence-electron chi connectivity index (χ4n) is 7.19. The number of nitrogens with zero attached hydrogens (tertiary/aromatic N) is 6. The molecule has 14 heteroatoms. The van der Waals surface area contributed by atoms with Gasteiger partial charge in [0.2, 0.25) is 11.8 Å². The van der Waals surface area contributed by atoms with Crippen LogP contribution in [0.1, 0.15) is 67.2 Å². The quantitative estimate of drug-likeness (QED) is 0.296. The van der Waals surface area contributed by atoms with Crippen molar-refractivity contribution in [2.45, 2.75) is 89.1 Å². The molecule has 3 aliphatic rings. The Kier molecular flexibility index (Phi) is 11.1. The molecule has 3 saturated heterocycles. The molecule has 2 atom stereocenters. The van der Waals surface area contributed by atoms with Crippen LogP contribution in [-0.2, 0) is 29.6 Å². The number of carbonyl (C=O) groups is 2. The summed E-state index contributed by atoms with van der Waals surface area (Å²) < 4.78 is 57.8. The van der Waals surface area contributed by atoms with Crippen LogP contribution in [-0.4, -0.2) is 110 Å². The number of amidine groups is 2. The number of amides is 2. The van der Waals surface area contributed by atoms with Gasteiger partial charge in [-0.1, -0.05) is 63.1 Å². The molecule has 0 saturated carbocycles. The Balaban J connectivity index is 1.48. The number of rotatable bonds is 12. The van der Waals surface area contributed by atoms with Crippen LogP contribution >= 0.6 is 0 Å². The Hall–Kier alpha value is -3.46. The summed E-state index contributed by atoms with van der Waals surface area (Å²) in [6.45, 7) is 13.6. The average Bonchev–Trinajstić information content (AvgIpc) is 3.43. The maximum absolute atomic E-state index is 14.1. The standard InChI is InChI=1S/C36H50N6O6S2/c1-7-9-21-37-31-29(35(3,4)33(43)41(31)49(45,46)27-17-13-11-14-18-27)39-23-25-40(26-24-39)30-32(38-22-10-8-2)42(34(44)36(30,5)6)50(47,48)28-19-15-12-16-20-28/h11-20,29-30H,7-10,21-26H2,1-6H3/b37-31-,38-32-. The first kappa shape index (κ1) is 37.8. The van der Waals surface area contributed by atoms with Crippen LogP contribution in [0.25, 0.3) is 0 Å². The Morgan fingerprint density at radius 3 is 1.22 bits per heavy atom. The number of unbranched alkanes of at least 4 members (excludes halogenated alkanes) is 2. The summed E-state index contributed by atoms with van der Waals surface area (Å²) in [7, 11) is -8.45. The van der Waals surface area contributed by atoms with Gasteiger partial charge in [-0.05, 0) is 64.8 Å². The zero-order valence-corrected chi connectivity index (χ0v) is 31.6. The van der Waals surface area contributed by atoms with Crippen molar-refractivity contribution in [1.29, 1.82) is 0 Å². The van der Waals surface area contributed by atoms with E-state index in [4.69, 9.17) is 9.98 Å². The van der Waals surface area contributed by atoms with E-state index in [0.717, 1.165) is 34.3 Å². The summed E-state index contributed by atoms with van der Waals surface area (Å²) in [5.41, 5.74) is -2.21. The predicted molar refractivity (Wildman–Crippen MR) is 194 cm³/mol. The molecule has 0 radical (unpaired) electrons. The van der Waals surface area contributed by atoms with Crippen molar-refractivity contribution in [3.63, 3.8) is 0 Å². The van der Waals surface area contributed by atoms with E-state index in [1.165, 1.54) is 24.3 Å². The smallest absolute Gasteiger partial charge is 0.271 e. The molecule has 2 aromatic carbocycles. The number of piperazine rings is 1. The fraction of sp³-hybridized carbons (Fsp3) is 0.556. The minimum absolute atomic E-state index is 0.0239. The van der Waals surface area contributed by atoms with Crippen LogP contribution in [0.4, 0.5) is 0 Å². The molecule has 3 heterocycles. The first-order valence-electron chi connectivity index (χ1n) is 17.5. The van der Waals surface area contributed by atoms with Gasteiger partial charge >= 0.3 is 0 Å². The van der Waals surface area contributed by atoms with Crippen molar-refractivity contribution in [2.24, 2.45) is 20.8 Å². The van der Waals surface area contributed by atoms with Crippen LogP contribution in [0.2, 0.25) is 0 Å². The van der Waals surface area contributed by atoms with Gasteiger partial charge < -0.3 is 0 Å². The number of carbonyl (C=O) groups excluding carboxylic acids is 2. The van der Waals surface area contributed by atoms with Crippen LogP contribution in [0.5, 0.6) is 0 Å². The molecule has 12 nitrogen and oxygen atoms in total. The number of aliphatic imine (C=N–C) groups is 2. The van der Waals surface area contributed by atoms with E-state index < -0.39 is 54.8 Å². The molecule has 3 fully saturated rings. The molecule has 50 heavy (non-hydrogen) atoms. The molecule has 0 bridgehead atoms. The lowest BCUT2D eigenvalue weighted by molar-refractivity contribution is -0.133. The number of hydrogen-bond donors (Lipinski definition) is 0. The third-order valence-electron chi connectivity index (χ3n) is 9.96. The second kappa shape index (κ2) is 14.6. The number of hydrogen-bond acceptors (Lipinski definition) is 10. The largest absolute Gasteiger partial charge is 0.290 e. The summed E-state index contributed by atoms with van der Waals surface area (Å²) in [5, 5.41) is 0. The minimum Gasteiger partial charge on any atom is -0.290 e. The zero-order chi connectivity index (χ0) is 36.5. The molecule has 272 valence electrons. The van der Waals surface area contributed by atoms with Crippen LogP contribution < -0.4 is 0 Å². The monoisotopic (exact) mass is 726 g/mol. The van der Waals surface area contributed by atoms with E-state index >= 15 is 0 Å². The summed E-state index contributed by atoms with van der Waals surface area (Å²) in [5.74, 6) is -0.606. The normalized spacial score (nSPS) is 24.9. The molecule has 3 aliphatic heterocycles. The van der Waals surface area contributed by atoms with Gasteiger partial charge in [0, 0.05) is 39.3 Å². The second-order valence-corrected chi connectivity index (χ2v) is 17.9. The van der Waals surface area contributed by atoms with Crippen molar-refractivity contribution < 1.29 is 26.4 Å². The molecule has 2 aromatic rings. The van der Waals surface area contributed by atoms with Crippen LogP contribution in [0, 0.1) is 10.8 Å². The maximum atomic E-state index is 14.1. The Morgan fingerprint density at radius 1 is 0.600 bits per heavy atom. The van der Waals surface area contributed by atoms with Crippen molar-refractivity contribution in [1.82, 2.24) is 18.4 Å². The van der Waals surface area contributed by atoms with Gasteiger partial charge in [0.25, 0.3) is 20.0 Å². The number of sulfonamides is 2. The molecular weight excluding hydrogens is 677 g/mol. The Morgan fingerprint density at radius 2 is 0.920 bits per heavy atom. The molecule has 0 N–H and O–H groups in total. The molecule has 0 spiro atoms. The summed E-state index contributed by atoms with van der Waals surface area (Å²) >= 11 is 0. The SMILES string of the molecule is CCCC/N=C1/C(N2CCN(C3/C(=N/CCCC)N(S(=O)(=O)c4ccccc4)C(=O)C3(C)C)CC2)C(C)(C)C(=O)N1S(=O)(=O)c1ccccc1. The Bertz CT molecular complexity index is 1700. The van der Waals surface area contributed by atoms with Gasteiger partial charge in [-0.25, -0.2) is 16.8 Å². The molecule has 5 rings (SSSR count). The lowest BCUT2D eigenvalue weighted by Gasteiger charge is -2.44. The highest BCUT2D eigenvalue weighted by Crippen LogP contribution is 2.43. The third kappa shape index (κ3) is 6.67. The third-order valence-corrected chi connectivity index (χ3v) is 13.4. The van der Waals surface area contributed by atoms with Gasteiger partial charge in [0.15, 0.2) is 0 Å². The van der Waals surface area contributed by atoms with Crippen molar-refractivity contribution in [3.8, 4) is 0 Å². The van der Waals surface area contributed by atoms with E-state index in [2.05, 4.69) is 9.80 Å². The maximum Gasteiger partial charge on any atom is 0.271 e. The minimum atomic E-state index is -4.22. The lowest BCUT2D eigenvalue weighted by atomic mass is 9.83. The predicted octanol–water partition coefficient (Wildman–Crippen LogP) is 4.25. The zero-order valence-electron chi connectivity index (χ0n) is 29.9. The van der Waals surface area contributed by atoms with Crippen molar-refractivity contribution in [2.75, 3.05) is 39.3 Å². The van der Waals surface area contributed by atoms with E-state index in [1.807, 2.05) is 13.8 Å². The van der Waals surface area contributed by atoms with Crippen LogP contribution in [0.15, 0.2) is 80.4 Å². The Labute approximate surface area is 297 Å². The fourth-order valence-corrected chi connectivity index (χ4v) is 10.3. The summed E-state index contributed by atoms with van der Waals surface area (Å²) in [6, 6.07) is 14.7. The summed E-state index contributed by atoms with van der Waals surface area (Å²) in [6.07, 6.45) is 3.20. The molecule has 0 aliphatic carbocycles. The molecular formula is C36H50N6O6S2. The highest BCUT2D eigenvalue weighted by atomic mass is 32.2. The highest BCUT2D eigenvalue weighted by molar-refractivity contribution is 7.90. The van der Waals surface area contributed by atoms with Gasteiger partial charge in [0.1, 0.15) is 11.7 Å². The van der Waals surface area contributed by atoms with Crippen molar-refractivity contribution >= 4 is 43.5 Å². The van der Waals surface area contributed by atoms with E-state index in [-0.39, 0.29) is 21.5 Å². The topological polar surface area (TPSA) is 140 Å². The number of benzene rings is 2. The summed E-state index contributed by atoms with van der Waals surface area (Å²) in [4.78, 5) is 42.0. The second-order valence-electron chi connectivity index (χ2n) is 14.3. The molecule has 2 unspecified atom stereocenters. The van der Waals surface area contributed by atoms with E-state index in [0.29, 0.717) is 39.3 Å². The highest BCUT2D eigenvalue weighted by Gasteiger charge is 2.61. The van der Waals surface area contributed by atoms with Gasteiger partial charge in [-0.3, -0.25) is 29.4 Å². The lowest BCUT2D eigenvalue weighted by Crippen LogP contribution is -2.60. The molecule has 2 amide bonds. The van der Waals surface area contributed by atoms with E-state index in [9.17, 15) is 26.4 Å². The van der Waals surface area contributed by atoms with Gasteiger partial charge in [0.05, 0.1) is 32.7 Å².